The molecule has 1 heterocycles. The van der Waals surface area contributed by atoms with Crippen LogP contribution >= 0.6 is 11.3 Å². The molecule has 5 nitrogen and oxygen atoms in total. The fraction of sp³-hybridized carbons (Fsp3) is 0.200. The molecule has 0 saturated heterocycles. The van der Waals surface area contributed by atoms with Gasteiger partial charge >= 0.3 is 0 Å². The molecule has 6 heteroatoms. The molecule has 2 amide bonds. The Morgan fingerprint density at radius 1 is 1.03 bits per heavy atom. The van der Waals surface area contributed by atoms with E-state index in [2.05, 4.69) is 10.6 Å². The molecule has 0 saturated carbocycles. The molecule has 0 aliphatic heterocycles. The highest BCUT2D eigenvalue weighted by molar-refractivity contribution is 7.10. The van der Waals surface area contributed by atoms with E-state index in [1.54, 1.807) is 18.2 Å². The number of carbonyl (C=O) groups excluding carboxylic acids is 2. The topological polar surface area (TPSA) is 67.4 Å². The first-order valence-electron chi connectivity index (χ1n) is 10.0. The van der Waals surface area contributed by atoms with Crippen LogP contribution in [0.3, 0.4) is 0 Å². The second-order valence-corrected chi connectivity index (χ2v) is 8.37. The van der Waals surface area contributed by atoms with E-state index < -0.39 is 0 Å². The Bertz CT molecular complexity index is 1060. The molecule has 31 heavy (non-hydrogen) atoms. The van der Waals surface area contributed by atoms with Crippen molar-refractivity contribution >= 4 is 29.2 Å². The maximum absolute atomic E-state index is 12.9. The van der Waals surface area contributed by atoms with Crippen molar-refractivity contribution in [2.24, 2.45) is 0 Å². The van der Waals surface area contributed by atoms with Gasteiger partial charge in [0.2, 0.25) is 0 Å². The van der Waals surface area contributed by atoms with E-state index in [1.165, 1.54) is 11.3 Å². The van der Waals surface area contributed by atoms with Gasteiger partial charge in [-0.3, -0.25) is 9.59 Å². The number of hydrogen-bond donors (Lipinski definition) is 2. The van der Waals surface area contributed by atoms with Gasteiger partial charge < -0.3 is 15.4 Å². The lowest BCUT2D eigenvalue weighted by atomic mass is 10.1. The van der Waals surface area contributed by atoms with Crippen molar-refractivity contribution in [2.75, 3.05) is 6.61 Å². The van der Waals surface area contributed by atoms with Crippen molar-refractivity contribution in [1.82, 2.24) is 10.6 Å². The maximum atomic E-state index is 12.9. The van der Waals surface area contributed by atoms with Crippen molar-refractivity contribution in [1.29, 1.82) is 0 Å². The van der Waals surface area contributed by atoms with Gasteiger partial charge in [-0.1, -0.05) is 41.5 Å². The van der Waals surface area contributed by atoms with E-state index in [-0.39, 0.29) is 23.6 Å². The molecule has 0 fully saturated rings. The van der Waals surface area contributed by atoms with E-state index in [9.17, 15) is 9.59 Å². The van der Waals surface area contributed by atoms with Gasteiger partial charge in [-0.25, -0.2) is 0 Å². The molecule has 160 valence electrons. The molecule has 3 rings (SSSR count). The van der Waals surface area contributed by atoms with Crippen LogP contribution in [-0.4, -0.2) is 24.5 Å². The maximum Gasteiger partial charge on any atom is 0.268 e. The number of benzene rings is 2. The molecule has 2 aromatic carbocycles. The molecule has 0 unspecified atom stereocenters. The Morgan fingerprint density at radius 3 is 2.48 bits per heavy atom. The summed E-state index contributed by atoms with van der Waals surface area (Å²) in [6.07, 6.45) is 1.68. The Balaban J connectivity index is 1.67. The molecule has 2 N–H and O–H groups in total. The minimum Gasteiger partial charge on any atom is -0.491 e. The van der Waals surface area contributed by atoms with E-state index in [4.69, 9.17) is 4.74 Å². The zero-order valence-electron chi connectivity index (χ0n) is 17.8. The Morgan fingerprint density at radius 2 is 1.81 bits per heavy atom. The number of aryl methyl sites for hydroxylation is 2. The number of ether oxygens (including phenoxy) is 1. The summed E-state index contributed by atoms with van der Waals surface area (Å²) < 4.78 is 5.75. The average molecular weight is 435 g/mol. The van der Waals surface area contributed by atoms with E-state index in [0.717, 1.165) is 21.8 Å². The summed E-state index contributed by atoms with van der Waals surface area (Å²) >= 11 is 1.49. The zero-order chi connectivity index (χ0) is 22.2. The third-order valence-electron chi connectivity index (χ3n) is 4.50. The number of carbonyl (C=O) groups is 2. The quantitative estimate of drug-likeness (QED) is 0.504. The van der Waals surface area contributed by atoms with Crippen LogP contribution < -0.4 is 15.4 Å². The largest absolute Gasteiger partial charge is 0.491 e. The van der Waals surface area contributed by atoms with Gasteiger partial charge in [0.05, 0.1) is 6.04 Å². The molecule has 0 bridgehead atoms. The highest BCUT2D eigenvalue weighted by atomic mass is 32.1. The Kier molecular flexibility index (Phi) is 7.62. The smallest absolute Gasteiger partial charge is 0.268 e. The monoisotopic (exact) mass is 434 g/mol. The molecule has 1 atom stereocenters. The second-order valence-electron chi connectivity index (χ2n) is 7.40. The van der Waals surface area contributed by atoms with Crippen LogP contribution in [0.25, 0.3) is 6.08 Å². The number of hydrogen-bond acceptors (Lipinski definition) is 4. The van der Waals surface area contributed by atoms with Crippen molar-refractivity contribution < 1.29 is 14.3 Å². The van der Waals surface area contributed by atoms with Crippen LogP contribution in [0.1, 0.15) is 33.3 Å². The average Bonchev–Trinajstić information content (AvgIpc) is 3.26. The van der Waals surface area contributed by atoms with Crippen LogP contribution in [0.2, 0.25) is 0 Å². The molecule has 3 aromatic rings. The van der Waals surface area contributed by atoms with Crippen LogP contribution in [0.15, 0.2) is 71.7 Å². The molecule has 0 aliphatic carbocycles. The molecule has 0 aliphatic rings. The summed E-state index contributed by atoms with van der Waals surface area (Å²) in [5.41, 5.74) is 2.82. The minimum absolute atomic E-state index is 0.191. The van der Waals surface area contributed by atoms with Crippen molar-refractivity contribution in [3.8, 4) is 5.75 Å². The van der Waals surface area contributed by atoms with Crippen LogP contribution in [0, 0.1) is 13.8 Å². The van der Waals surface area contributed by atoms with Crippen LogP contribution in [0.5, 0.6) is 5.75 Å². The fourth-order valence-corrected chi connectivity index (χ4v) is 3.51. The minimum atomic E-state index is -0.366. The third kappa shape index (κ3) is 6.83. The number of amides is 2. The highest BCUT2D eigenvalue weighted by Gasteiger charge is 2.17. The lowest BCUT2D eigenvalue weighted by molar-refractivity contribution is -0.118. The normalized spacial score (nSPS) is 12.2. The summed E-state index contributed by atoms with van der Waals surface area (Å²) in [6.45, 7) is 6.10. The van der Waals surface area contributed by atoms with Gasteiger partial charge in [0, 0.05) is 10.4 Å². The van der Waals surface area contributed by atoms with Crippen molar-refractivity contribution in [3.05, 3.63) is 93.3 Å². The number of rotatable bonds is 8. The lowest BCUT2D eigenvalue weighted by Crippen LogP contribution is -2.41. The Labute approximate surface area is 186 Å². The second kappa shape index (κ2) is 10.6. The molecule has 0 radical (unpaired) electrons. The predicted octanol–water partition coefficient (Wildman–Crippen LogP) is 4.72. The summed E-state index contributed by atoms with van der Waals surface area (Å²) in [7, 11) is 0. The fourth-order valence-electron chi connectivity index (χ4n) is 2.85. The SMILES string of the molecule is Cc1ccc(OC[C@@H](C)NC(=O)/C(=C/c2cccs2)NC(=O)c2cccc(C)c2)cc1. The molecule has 1 aromatic heterocycles. The van der Waals surface area contributed by atoms with E-state index in [1.807, 2.05) is 74.7 Å². The van der Waals surface area contributed by atoms with Gasteiger partial charge in [-0.2, -0.15) is 0 Å². The van der Waals surface area contributed by atoms with Gasteiger partial charge in [0.1, 0.15) is 18.1 Å². The Hall–Kier alpha value is -3.38. The molecule has 0 spiro atoms. The first-order chi connectivity index (χ1) is 14.9. The van der Waals surface area contributed by atoms with Crippen LogP contribution in [0.4, 0.5) is 0 Å². The van der Waals surface area contributed by atoms with Gasteiger partial charge in [0.15, 0.2) is 0 Å². The van der Waals surface area contributed by atoms with Gasteiger partial charge in [0.25, 0.3) is 11.8 Å². The molecular weight excluding hydrogens is 408 g/mol. The van der Waals surface area contributed by atoms with Gasteiger partial charge in [-0.15, -0.1) is 11.3 Å². The number of nitrogens with one attached hydrogen (secondary N) is 2. The third-order valence-corrected chi connectivity index (χ3v) is 5.32. The van der Waals surface area contributed by atoms with Crippen molar-refractivity contribution in [3.63, 3.8) is 0 Å². The first-order valence-corrected chi connectivity index (χ1v) is 10.9. The van der Waals surface area contributed by atoms with Crippen molar-refractivity contribution in [2.45, 2.75) is 26.8 Å². The first kappa shape index (κ1) is 22.3. The zero-order valence-corrected chi connectivity index (χ0v) is 18.7. The summed E-state index contributed by atoms with van der Waals surface area (Å²) in [5, 5.41) is 7.58. The standard InChI is InChI=1S/C25H26N2O3S/c1-17-9-11-21(12-10-17)30-16-19(3)26-25(29)23(15-22-8-5-13-31-22)27-24(28)20-7-4-6-18(2)14-20/h4-15,19H,16H2,1-3H3,(H,26,29)(H,27,28)/b23-15-/t19-/m1/s1. The summed E-state index contributed by atoms with van der Waals surface area (Å²) in [4.78, 5) is 26.5. The lowest BCUT2D eigenvalue weighted by Gasteiger charge is -2.17. The van der Waals surface area contributed by atoms with E-state index in [0.29, 0.717) is 12.2 Å². The number of thiophene rings is 1. The highest BCUT2D eigenvalue weighted by Crippen LogP contribution is 2.14. The van der Waals surface area contributed by atoms with Crippen LogP contribution in [-0.2, 0) is 4.79 Å². The van der Waals surface area contributed by atoms with E-state index >= 15 is 0 Å². The molecular formula is C25H26N2O3S. The summed E-state index contributed by atoms with van der Waals surface area (Å²) in [5.74, 6) is 0.0495. The predicted molar refractivity (Wildman–Crippen MR) is 125 cm³/mol. The van der Waals surface area contributed by atoms with Gasteiger partial charge in [-0.05, 0) is 62.6 Å². The summed E-state index contributed by atoms with van der Waals surface area (Å²) in [6, 6.07) is 18.5.